The third kappa shape index (κ3) is 4.26. The molecule has 1 atom stereocenters. The number of hydrogen-bond donors (Lipinski definition) is 2. The molecule has 0 radical (unpaired) electrons. The summed E-state index contributed by atoms with van der Waals surface area (Å²) in [6.45, 7) is 5.50. The highest BCUT2D eigenvalue weighted by atomic mass is 35.5. The third-order valence-corrected chi connectivity index (χ3v) is 3.98. The van der Waals surface area contributed by atoms with Gasteiger partial charge in [0.25, 0.3) is 11.8 Å². The molecule has 2 amide bonds. The molecule has 0 aliphatic carbocycles. The Morgan fingerprint density at radius 1 is 1.04 bits per heavy atom. The lowest BCUT2D eigenvalue weighted by atomic mass is 10.1. The lowest BCUT2D eigenvalue weighted by Gasteiger charge is -2.17. The summed E-state index contributed by atoms with van der Waals surface area (Å²) in [5.41, 5.74) is 7.00. The van der Waals surface area contributed by atoms with Crippen LogP contribution in [0.3, 0.4) is 0 Å². The topological polar surface area (TPSA) is 67.4 Å². The van der Waals surface area contributed by atoms with Gasteiger partial charge in [0, 0.05) is 0 Å². The molecule has 2 aromatic rings. The number of carbonyl (C=O) groups excluding carboxylic acids is 2. The standard InChI is InChI=1S/C18H19ClN2O3/c1-11-7-6-10-16(12(11)2)24-13(3)17(22)20-21-18(23)14-8-4-5-9-15(14)19/h4-10,13H,1-3H3,(H,20,22)(H,21,23). The van der Waals surface area contributed by atoms with Crippen LogP contribution in [0.4, 0.5) is 0 Å². The van der Waals surface area contributed by atoms with Crippen molar-refractivity contribution in [1.29, 1.82) is 0 Å². The minimum Gasteiger partial charge on any atom is -0.481 e. The average Bonchev–Trinajstić information content (AvgIpc) is 2.56. The Morgan fingerprint density at radius 2 is 1.75 bits per heavy atom. The monoisotopic (exact) mass is 346 g/mol. The molecule has 6 heteroatoms. The molecule has 2 aromatic carbocycles. The highest BCUT2D eigenvalue weighted by molar-refractivity contribution is 6.33. The van der Waals surface area contributed by atoms with Crippen LogP contribution in [0.1, 0.15) is 28.4 Å². The summed E-state index contributed by atoms with van der Waals surface area (Å²) in [4.78, 5) is 24.1. The van der Waals surface area contributed by atoms with Crippen LogP contribution >= 0.6 is 11.6 Å². The second-order valence-corrected chi connectivity index (χ2v) is 5.79. The van der Waals surface area contributed by atoms with E-state index in [-0.39, 0.29) is 5.56 Å². The Labute approximate surface area is 145 Å². The van der Waals surface area contributed by atoms with Crippen LogP contribution in [0.15, 0.2) is 42.5 Å². The highest BCUT2D eigenvalue weighted by Gasteiger charge is 2.17. The number of halogens is 1. The average molecular weight is 347 g/mol. The van der Waals surface area contributed by atoms with Gasteiger partial charge in [0.15, 0.2) is 6.10 Å². The predicted octanol–water partition coefficient (Wildman–Crippen LogP) is 3.19. The summed E-state index contributed by atoms with van der Waals surface area (Å²) in [5.74, 6) is -0.320. The zero-order chi connectivity index (χ0) is 17.7. The van der Waals surface area contributed by atoms with Crippen molar-refractivity contribution < 1.29 is 14.3 Å². The predicted molar refractivity (Wildman–Crippen MR) is 93.1 cm³/mol. The van der Waals surface area contributed by atoms with Gasteiger partial charge in [0.1, 0.15) is 5.75 Å². The maximum Gasteiger partial charge on any atom is 0.279 e. The van der Waals surface area contributed by atoms with Gasteiger partial charge in [0.2, 0.25) is 0 Å². The Kier molecular flexibility index (Phi) is 5.82. The van der Waals surface area contributed by atoms with Crippen molar-refractivity contribution in [2.75, 3.05) is 0 Å². The number of aryl methyl sites for hydroxylation is 1. The quantitative estimate of drug-likeness (QED) is 0.835. The lowest BCUT2D eigenvalue weighted by Crippen LogP contribution is -2.47. The van der Waals surface area contributed by atoms with Gasteiger partial charge < -0.3 is 4.74 Å². The molecule has 2 N–H and O–H groups in total. The lowest BCUT2D eigenvalue weighted by molar-refractivity contribution is -0.128. The van der Waals surface area contributed by atoms with Crippen LogP contribution in [-0.4, -0.2) is 17.9 Å². The Bertz CT molecular complexity index is 762. The second kappa shape index (κ2) is 7.84. The molecule has 2 rings (SSSR count). The number of ether oxygens (including phenoxy) is 1. The van der Waals surface area contributed by atoms with E-state index in [0.717, 1.165) is 11.1 Å². The number of carbonyl (C=O) groups is 2. The molecule has 0 fully saturated rings. The number of rotatable bonds is 4. The first-order valence-electron chi connectivity index (χ1n) is 7.47. The molecule has 0 heterocycles. The minimum atomic E-state index is -0.767. The molecule has 0 saturated heterocycles. The molecule has 24 heavy (non-hydrogen) atoms. The van der Waals surface area contributed by atoms with E-state index in [4.69, 9.17) is 16.3 Å². The molecular formula is C18H19ClN2O3. The van der Waals surface area contributed by atoms with Gasteiger partial charge >= 0.3 is 0 Å². The number of hydrazine groups is 1. The number of nitrogens with one attached hydrogen (secondary N) is 2. The fourth-order valence-electron chi connectivity index (χ4n) is 2.03. The van der Waals surface area contributed by atoms with E-state index in [9.17, 15) is 9.59 Å². The molecule has 0 spiro atoms. The van der Waals surface area contributed by atoms with Crippen molar-refractivity contribution in [2.24, 2.45) is 0 Å². The van der Waals surface area contributed by atoms with E-state index in [0.29, 0.717) is 10.8 Å². The van der Waals surface area contributed by atoms with Crippen molar-refractivity contribution in [3.05, 3.63) is 64.2 Å². The zero-order valence-corrected chi connectivity index (χ0v) is 14.5. The van der Waals surface area contributed by atoms with Gasteiger partial charge in [0.05, 0.1) is 10.6 Å². The van der Waals surface area contributed by atoms with Crippen LogP contribution in [0.5, 0.6) is 5.75 Å². The van der Waals surface area contributed by atoms with Crippen LogP contribution < -0.4 is 15.6 Å². The Balaban J connectivity index is 1.93. The number of amides is 2. The molecular weight excluding hydrogens is 328 g/mol. The maximum atomic E-state index is 12.1. The second-order valence-electron chi connectivity index (χ2n) is 5.38. The Hall–Kier alpha value is -2.53. The van der Waals surface area contributed by atoms with Crippen LogP contribution in [0.2, 0.25) is 5.02 Å². The number of benzene rings is 2. The zero-order valence-electron chi connectivity index (χ0n) is 13.7. The van der Waals surface area contributed by atoms with Gasteiger partial charge in [-0.1, -0.05) is 35.9 Å². The van der Waals surface area contributed by atoms with Crippen LogP contribution in [-0.2, 0) is 4.79 Å². The van der Waals surface area contributed by atoms with Crippen molar-refractivity contribution >= 4 is 23.4 Å². The molecule has 1 unspecified atom stereocenters. The van der Waals surface area contributed by atoms with Gasteiger partial charge in [-0.25, -0.2) is 0 Å². The van der Waals surface area contributed by atoms with E-state index in [1.54, 1.807) is 37.3 Å². The van der Waals surface area contributed by atoms with Crippen LogP contribution in [0.25, 0.3) is 0 Å². The molecule has 5 nitrogen and oxygen atoms in total. The van der Waals surface area contributed by atoms with Crippen molar-refractivity contribution in [3.63, 3.8) is 0 Å². The fourth-order valence-corrected chi connectivity index (χ4v) is 2.25. The first kappa shape index (κ1) is 17.8. The van der Waals surface area contributed by atoms with E-state index in [1.807, 2.05) is 26.0 Å². The van der Waals surface area contributed by atoms with Gasteiger partial charge in [-0.05, 0) is 50.1 Å². The van der Waals surface area contributed by atoms with E-state index < -0.39 is 17.9 Å². The smallest absolute Gasteiger partial charge is 0.279 e. The summed E-state index contributed by atoms with van der Waals surface area (Å²) >= 11 is 5.94. The van der Waals surface area contributed by atoms with E-state index >= 15 is 0 Å². The molecule has 0 aromatic heterocycles. The maximum absolute atomic E-state index is 12.1. The summed E-state index contributed by atoms with van der Waals surface area (Å²) in [6, 6.07) is 12.2. The highest BCUT2D eigenvalue weighted by Crippen LogP contribution is 2.21. The largest absolute Gasteiger partial charge is 0.481 e. The molecule has 0 bridgehead atoms. The molecule has 126 valence electrons. The summed E-state index contributed by atoms with van der Waals surface area (Å²) in [5, 5.41) is 0.309. The summed E-state index contributed by atoms with van der Waals surface area (Å²) < 4.78 is 5.66. The molecule has 0 aliphatic heterocycles. The third-order valence-electron chi connectivity index (χ3n) is 3.65. The van der Waals surface area contributed by atoms with E-state index in [2.05, 4.69) is 10.9 Å². The van der Waals surface area contributed by atoms with Gasteiger partial charge in [-0.15, -0.1) is 0 Å². The first-order valence-corrected chi connectivity index (χ1v) is 7.85. The summed E-state index contributed by atoms with van der Waals surface area (Å²) in [6.07, 6.45) is -0.767. The van der Waals surface area contributed by atoms with Crippen LogP contribution in [0, 0.1) is 13.8 Å². The van der Waals surface area contributed by atoms with Crippen molar-refractivity contribution in [2.45, 2.75) is 26.9 Å². The van der Waals surface area contributed by atoms with E-state index in [1.165, 1.54) is 0 Å². The Morgan fingerprint density at radius 3 is 2.46 bits per heavy atom. The van der Waals surface area contributed by atoms with Gasteiger partial charge in [-0.2, -0.15) is 0 Å². The minimum absolute atomic E-state index is 0.280. The normalized spacial score (nSPS) is 11.5. The SMILES string of the molecule is Cc1cccc(OC(C)C(=O)NNC(=O)c2ccccc2Cl)c1C. The van der Waals surface area contributed by atoms with Crippen molar-refractivity contribution in [1.82, 2.24) is 10.9 Å². The molecule has 0 aliphatic rings. The fraction of sp³-hybridized carbons (Fsp3) is 0.222. The number of hydrogen-bond acceptors (Lipinski definition) is 3. The summed E-state index contributed by atoms with van der Waals surface area (Å²) in [7, 11) is 0. The van der Waals surface area contributed by atoms with Gasteiger partial charge in [-0.3, -0.25) is 20.4 Å². The molecule has 0 saturated carbocycles. The first-order chi connectivity index (χ1) is 11.4. The van der Waals surface area contributed by atoms with Crippen molar-refractivity contribution in [3.8, 4) is 5.75 Å².